The van der Waals surface area contributed by atoms with Gasteiger partial charge in [0, 0.05) is 19.3 Å². The highest BCUT2D eigenvalue weighted by molar-refractivity contribution is 5.67. The zero-order valence-corrected chi connectivity index (χ0v) is 42.2. The molecule has 0 aromatic heterocycles. The van der Waals surface area contributed by atoms with Gasteiger partial charge in [0.25, 0.3) is 0 Å². The van der Waals surface area contributed by atoms with Gasteiger partial charge in [0.1, 0.15) is 6.10 Å². The van der Waals surface area contributed by atoms with Gasteiger partial charge < -0.3 is 30.6 Å². The molecule has 0 heterocycles. The molecule has 0 aromatic rings. The summed E-state index contributed by atoms with van der Waals surface area (Å²) in [5, 5.41) is 49.5. The van der Waals surface area contributed by atoms with Gasteiger partial charge in [-0.3, -0.25) is 14.4 Å². The van der Waals surface area contributed by atoms with Crippen molar-refractivity contribution >= 4 is 17.9 Å². The Morgan fingerprint density at radius 1 is 0.270 bits per heavy atom. The Morgan fingerprint density at radius 3 is 0.492 bits per heavy atom. The van der Waals surface area contributed by atoms with Crippen molar-refractivity contribution in [3.05, 3.63) is 0 Å². The van der Waals surface area contributed by atoms with Crippen LogP contribution in [0.5, 0.6) is 0 Å². The van der Waals surface area contributed by atoms with Crippen LogP contribution in [0.15, 0.2) is 0 Å². The molecular formula is C54H110O9. The third-order valence-electron chi connectivity index (χ3n) is 11.7. The fourth-order valence-electron chi connectivity index (χ4n) is 7.47. The molecule has 9 nitrogen and oxygen atoms in total. The molecule has 0 aliphatic carbocycles. The number of aliphatic hydroxyl groups excluding tert-OH is 3. The van der Waals surface area contributed by atoms with E-state index in [1.54, 1.807) is 0 Å². The van der Waals surface area contributed by atoms with Crippen LogP contribution in [0.4, 0.5) is 0 Å². The summed E-state index contributed by atoms with van der Waals surface area (Å²) in [5.41, 5.74) is 0. The van der Waals surface area contributed by atoms with Gasteiger partial charge in [-0.1, -0.05) is 271 Å². The predicted molar refractivity (Wildman–Crippen MR) is 268 cm³/mol. The summed E-state index contributed by atoms with van der Waals surface area (Å²) in [4.78, 5) is 31.0. The monoisotopic (exact) mass is 903 g/mol. The lowest BCUT2D eigenvalue weighted by Crippen LogP contribution is -2.15. The molecule has 0 amide bonds. The molecule has 6 N–H and O–H groups in total. The van der Waals surface area contributed by atoms with Gasteiger partial charge in [0.05, 0.1) is 13.2 Å². The van der Waals surface area contributed by atoms with Gasteiger partial charge in [-0.15, -0.1) is 0 Å². The van der Waals surface area contributed by atoms with Gasteiger partial charge in [-0.25, -0.2) is 0 Å². The number of rotatable bonds is 47. The second-order valence-electron chi connectivity index (χ2n) is 18.2. The van der Waals surface area contributed by atoms with Crippen LogP contribution in [-0.4, -0.2) is 67.9 Å². The minimum absolute atomic E-state index is 0.345. The van der Waals surface area contributed by atoms with Crippen LogP contribution in [0.3, 0.4) is 0 Å². The summed E-state index contributed by atoms with van der Waals surface area (Å²) < 4.78 is 0. The van der Waals surface area contributed by atoms with E-state index in [1.807, 2.05) is 0 Å². The molecule has 380 valence electrons. The van der Waals surface area contributed by atoms with E-state index in [4.69, 9.17) is 30.6 Å². The van der Waals surface area contributed by atoms with Gasteiger partial charge in [-0.2, -0.15) is 0 Å². The molecule has 9 heteroatoms. The Kier molecular flexibility index (Phi) is 69.6. The minimum atomic E-state index is -0.954. The quantitative estimate of drug-likeness (QED) is 0.0325. The molecule has 0 aliphatic heterocycles. The molecular weight excluding hydrogens is 793 g/mol. The largest absolute Gasteiger partial charge is 0.481 e. The van der Waals surface area contributed by atoms with Crippen molar-refractivity contribution in [1.82, 2.24) is 0 Å². The third-order valence-corrected chi connectivity index (χ3v) is 11.7. The van der Waals surface area contributed by atoms with Crippen molar-refractivity contribution in [2.75, 3.05) is 13.2 Å². The van der Waals surface area contributed by atoms with Crippen LogP contribution in [0.1, 0.15) is 310 Å². The summed E-state index contributed by atoms with van der Waals surface area (Å²) in [7, 11) is 0. The van der Waals surface area contributed by atoms with Gasteiger partial charge in [0.15, 0.2) is 0 Å². The molecule has 0 saturated carbocycles. The summed E-state index contributed by atoms with van der Waals surface area (Å²) in [6.45, 7) is 6.07. The zero-order valence-electron chi connectivity index (χ0n) is 42.2. The first-order valence-corrected chi connectivity index (χ1v) is 27.2. The minimum Gasteiger partial charge on any atom is -0.481 e. The van der Waals surface area contributed by atoms with E-state index in [-0.39, 0.29) is 13.2 Å². The maximum absolute atomic E-state index is 10.3. The van der Waals surface area contributed by atoms with Crippen molar-refractivity contribution < 1.29 is 45.0 Å². The number of hydrogen-bond donors (Lipinski definition) is 6. The normalized spacial score (nSPS) is 10.7. The summed E-state index contributed by atoms with van der Waals surface area (Å²) in [6, 6.07) is 0. The first kappa shape index (κ1) is 67.9. The molecule has 0 saturated heterocycles. The van der Waals surface area contributed by atoms with E-state index in [2.05, 4.69) is 20.8 Å². The lowest BCUT2D eigenvalue weighted by molar-refractivity contribution is -0.138. The lowest BCUT2D eigenvalue weighted by Gasteiger charge is -2.02. The Bertz CT molecular complexity index is 749. The number of aliphatic hydroxyl groups is 3. The topological polar surface area (TPSA) is 173 Å². The number of carboxylic acids is 3. The van der Waals surface area contributed by atoms with Gasteiger partial charge in [-0.05, 0) is 19.3 Å². The zero-order chi connectivity index (χ0) is 47.5. The lowest BCUT2D eigenvalue weighted by atomic mass is 10.0. The molecule has 0 unspecified atom stereocenters. The Morgan fingerprint density at radius 2 is 0.397 bits per heavy atom. The highest BCUT2D eigenvalue weighted by atomic mass is 16.4. The molecule has 0 aliphatic rings. The number of carboxylic acid groups (broad SMARTS) is 3. The van der Waals surface area contributed by atoms with Crippen LogP contribution in [0, 0.1) is 0 Å². The van der Waals surface area contributed by atoms with Crippen LogP contribution >= 0.6 is 0 Å². The highest BCUT2D eigenvalue weighted by Gasteiger charge is 2.00. The summed E-state index contributed by atoms with van der Waals surface area (Å²) in [6.07, 6.45) is 55.2. The Labute approximate surface area is 390 Å². The smallest absolute Gasteiger partial charge is 0.303 e. The van der Waals surface area contributed by atoms with E-state index in [9.17, 15) is 14.4 Å². The van der Waals surface area contributed by atoms with Crippen LogP contribution < -0.4 is 0 Å². The SMILES string of the molecule is CCCCCCCCCCCCCCCCC(=O)O.CCCCCCCCCCCCCCCCC(=O)O.CCCCCCCCCCCCCCCCC(=O)O.OCC(O)CO. The maximum Gasteiger partial charge on any atom is 0.303 e. The second-order valence-corrected chi connectivity index (χ2v) is 18.2. The van der Waals surface area contributed by atoms with Crippen LogP contribution in [-0.2, 0) is 14.4 Å². The summed E-state index contributed by atoms with van der Waals surface area (Å²) in [5.74, 6) is -1.96. The van der Waals surface area contributed by atoms with Crippen molar-refractivity contribution in [3.63, 3.8) is 0 Å². The fourth-order valence-corrected chi connectivity index (χ4v) is 7.47. The molecule has 0 bridgehead atoms. The second kappa shape index (κ2) is 64.6. The van der Waals surface area contributed by atoms with Crippen molar-refractivity contribution in [3.8, 4) is 0 Å². The van der Waals surface area contributed by atoms with Crippen LogP contribution in [0.25, 0.3) is 0 Å². The van der Waals surface area contributed by atoms with E-state index in [1.165, 1.54) is 231 Å². The molecule has 0 radical (unpaired) electrons. The Balaban J connectivity index is -0.000000388. The molecule has 0 atom stereocenters. The van der Waals surface area contributed by atoms with E-state index in [0.717, 1.165) is 38.5 Å². The van der Waals surface area contributed by atoms with Gasteiger partial charge >= 0.3 is 17.9 Å². The average Bonchev–Trinajstić information content (AvgIpc) is 3.26. The molecule has 63 heavy (non-hydrogen) atoms. The van der Waals surface area contributed by atoms with Gasteiger partial charge in [0.2, 0.25) is 0 Å². The maximum atomic E-state index is 10.3. The number of hydrogen-bond acceptors (Lipinski definition) is 6. The van der Waals surface area contributed by atoms with E-state index < -0.39 is 24.0 Å². The molecule has 0 rings (SSSR count). The average molecular weight is 903 g/mol. The fraction of sp³-hybridized carbons (Fsp3) is 0.944. The van der Waals surface area contributed by atoms with Crippen LogP contribution in [0.2, 0.25) is 0 Å². The van der Waals surface area contributed by atoms with E-state index >= 15 is 0 Å². The number of aliphatic carboxylic acids is 3. The first-order valence-electron chi connectivity index (χ1n) is 27.2. The van der Waals surface area contributed by atoms with Crippen molar-refractivity contribution in [2.45, 2.75) is 316 Å². The molecule has 0 spiro atoms. The molecule has 0 aromatic carbocycles. The van der Waals surface area contributed by atoms with Crippen molar-refractivity contribution in [2.24, 2.45) is 0 Å². The highest BCUT2D eigenvalue weighted by Crippen LogP contribution is 2.16. The molecule has 0 fully saturated rings. The van der Waals surface area contributed by atoms with Crippen molar-refractivity contribution in [1.29, 1.82) is 0 Å². The summed E-state index contributed by atoms with van der Waals surface area (Å²) >= 11 is 0. The third kappa shape index (κ3) is 81.0. The Hall–Kier alpha value is -1.71. The standard InChI is InChI=1S/3C17H34O2.C3H8O3/c3*1-2-3-4-5-6-7-8-9-10-11-12-13-14-15-16-17(18)19;4-1-3(6)2-5/h3*2-16H2,1H3,(H,18,19);3-6H,1-2H2. The first-order chi connectivity index (χ1) is 30.6. The number of unbranched alkanes of at least 4 members (excludes halogenated alkanes) is 39. The number of carbonyl (C=O) groups is 3. The predicted octanol–water partition coefficient (Wildman–Crippen LogP) is 16.2. The van der Waals surface area contributed by atoms with E-state index in [0.29, 0.717) is 19.3 Å².